The summed E-state index contributed by atoms with van der Waals surface area (Å²) in [6.45, 7) is 12.6. The van der Waals surface area contributed by atoms with Gasteiger partial charge in [0.2, 0.25) is 5.91 Å². The Morgan fingerprint density at radius 1 is 0.848 bits per heavy atom. The molecule has 0 aliphatic heterocycles. The van der Waals surface area contributed by atoms with Crippen molar-refractivity contribution in [3.63, 3.8) is 0 Å². The fourth-order valence-electron chi connectivity index (χ4n) is 4.81. The third-order valence-corrected chi connectivity index (χ3v) is 7.12. The van der Waals surface area contributed by atoms with E-state index in [9.17, 15) is 24.3 Å². The molecule has 0 aromatic heterocycles. The second kappa shape index (κ2) is 18.1. The molecule has 46 heavy (non-hydrogen) atoms. The highest BCUT2D eigenvalue weighted by molar-refractivity contribution is 5.90. The molecule has 11 heteroatoms. The number of benzene rings is 2. The van der Waals surface area contributed by atoms with Crippen molar-refractivity contribution in [3.05, 3.63) is 71.8 Å². The van der Waals surface area contributed by atoms with Gasteiger partial charge in [0.05, 0.1) is 25.8 Å². The van der Waals surface area contributed by atoms with Gasteiger partial charge in [-0.1, -0.05) is 88.4 Å². The molecule has 0 radical (unpaired) electrons. The topological polar surface area (TPSA) is 146 Å². The highest BCUT2D eigenvalue weighted by atomic mass is 16.6. The Hall–Kier alpha value is -4.12. The summed E-state index contributed by atoms with van der Waals surface area (Å²) in [7, 11) is 1.26. The lowest BCUT2D eigenvalue weighted by Crippen LogP contribution is -2.57. The summed E-state index contributed by atoms with van der Waals surface area (Å²) < 4.78 is 10.3. The van der Waals surface area contributed by atoms with Crippen LogP contribution in [-0.4, -0.2) is 77.5 Å². The maximum absolute atomic E-state index is 13.9. The molecule has 4 amide bonds. The normalized spacial score (nSPS) is 14.1. The Kier molecular flexibility index (Phi) is 15.0. The lowest BCUT2D eigenvalue weighted by Gasteiger charge is -2.32. The lowest BCUT2D eigenvalue weighted by atomic mass is 10.00. The number of rotatable bonds is 15. The summed E-state index contributed by atoms with van der Waals surface area (Å²) in [5, 5.41) is 19.9. The van der Waals surface area contributed by atoms with E-state index in [1.54, 1.807) is 34.6 Å². The van der Waals surface area contributed by atoms with Crippen LogP contribution in [0.25, 0.3) is 0 Å². The first kappa shape index (κ1) is 38.1. The third kappa shape index (κ3) is 13.5. The first-order valence-electron chi connectivity index (χ1n) is 15.8. The minimum Gasteiger partial charge on any atom is -0.467 e. The van der Waals surface area contributed by atoms with E-state index >= 15 is 0 Å². The molecule has 254 valence electrons. The zero-order valence-corrected chi connectivity index (χ0v) is 28.4. The van der Waals surface area contributed by atoms with Crippen molar-refractivity contribution in [1.82, 2.24) is 20.9 Å². The molecule has 11 nitrogen and oxygen atoms in total. The minimum atomic E-state index is -1.20. The summed E-state index contributed by atoms with van der Waals surface area (Å²) in [6, 6.07) is 15.4. The van der Waals surface area contributed by atoms with Crippen molar-refractivity contribution in [2.45, 2.75) is 97.7 Å². The number of alkyl carbamates (subject to hydrolysis) is 1. The average Bonchev–Trinajstić information content (AvgIpc) is 2.98. The fourth-order valence-corrected chi connectivity index (χ4v) is 4.81. The van der Waals surface area contributed by atoms with E-state index in [-0.39, 0.29) is 31.3 Å². The summed E-state index contributed by atoms with van der Waals surface area (Å²) >= 11 is 0. The highest BCUT2D eigenvalue weighted by Crippen LogP contribution is 2.15. The van der Waals surface area contributed by atoms with Crippen LogP contribution >= 0.6 is 0 Å². The predicted molar refractivity (Wildman–Crippen MR) is 177 cm³/mol. The van der Waals surface area contributed by atoms with Crippen LogP contribution in [0, 0.1) is 11.8 Å². The monoisotopic (exact) mass is 640 g/mol. The standard InChI is InChI=1S/C35H52N4O7/c1-23(2)19-28(31(41)38-30(24(3)4)32(42)45-8)36-33(43)39(21-26-17-13-10-14-18-26)22-29(40)27(20-25-15-11-9-12-16-25)37-34(44)46-35(5,6)7/h9-18,23-24,27-30,40H,19-22H2,1-8H3,(H,36,43)(H,37,44)(H,38,41)/t27-,28-,29+,30-/m0/s1. The van der Waals surface area contributed by atoms with Crippen LogP contribution < -0.4 is 16.0 Å². The number of methoxy groups -OCH3 is 1. The van der Waals surface area contributed by atoms with Gasteiger partial charge in [-0.3, -0.25) is 4.79 Å². The van der Waals surface area contributed by atoms with Gasteiger partial charge in [0.25, 0.3) is 0 Å². The Balaban J connectivity index is 2.36. The van der Waals surface area contributed by atoms with E-state index in [0.717, 1.165) is 11.1 Å². The summed E-state index contributed by atoms with van der Waals surface area (Å²) in [6.07, 6.45) is -1.30. The maximum atomic E-state index is 13.9. The maximum Gasteiger partial charge on any atom is 0.407 e. The van der Waals surface area contributed by atoms with Crippen molar-refractivity contribution in [2.24, 2.45) is 11.8 Å². The number of esters is 1. The molecule has 4 atom stereocenters. The number of ether oxygens (including phenoxy) is 2. The second-order valence-corrected chi connectivity index (χ2v) is 13.3. The van der Waals surface area contributed by atoms with Gasteiger partial charge in [-0.2, -0.15) is 0 Å². The summed E-state index contributed by atoms with van der Waals surface area (Å²) in [5.41, 5.74) is 0.931. The molecule has 0 saturated carbocycles. The van der Waals surface area contributed by atoms with Gasteiger partial charge in [-0.15, -0.1) is 0 Å². The highest BCUT2D eigenvalue weighted by Gasteiger charge is 2.32. The molecule has 0 aliphatic rings. The number of urea groups is 1. The molecule has 2 aromatic carbocycles. The largest absolute Gasteiger partial charge is 0.467 e. The van der Waals surface area contributed by atoms with E-state index < -0.39 is 53.8 Å². The van der Waals surface area contributed by atoms with Gasteiger partial charge < -0.3 is 35.4 Å². The van der Waals surface area contributed by atoms with Crippen LogP contribution in [-0.2, 0) is 32.0 Å². The molecule has 0 heterocycles. The zero-order valence-electron chi connectivity index (χ0n) is 28.4. The van der Waals surface area contributed by atoms with Gasteiger partial charge in [-0.05, 0) is 56.6 Å². The van der Waals surface area contributed by atoms with Crippen LogP contribution in [0.3, 0.4) is 0 Å². The molecule has 0 fully saturated rings. The van der Waals surface area contributed by atoms with Gasteiger partial charge in [0, 0.05) is 6.54 Å². The van der Waals surface area contributed by atoms with E-state index in [2.05, 4.69) is 16.0 Å². The molecule has 0 saturated heterocycles. The van der Waals surface area contributed by atoms with Crippen molar-refractivity contribution in [2.75, 3.05) is 13.7 Å². The Labute approximate surface area is 273 Å². The second-order valence-electron chi connectivity index (χ2n) is 13.3. The minimum absolute atomic E-state index is 0.0353. The molecule has 4 N–H and O–H groups in total. The lowest BCUT2D eigenvalue weighted by molar-refractivity contribution is -0.146. The van der Waals surface area contributed by atoms with E-state index in [1.807, 2.05) is 74.5 Å². The summed E-state index contributed by atoms with van der Waals surface area (Å²) in [5.74, 6) is -1.29. The molecule has 0 unspecified atom stereocenters. The molecule has 2 rings (SSSR count). The fraction of sp³-hybridized carbons (Fsp3) is 0.543. The van der Waals surface area contributed by atoms with E-state index in [0.29, 0.717) is 6.42 Å². The van der Waals surface area contributed by atoms with Gasteiger partial charge in [0.15, 0.2) is 0 Å². The average molecular weight is 641 g/mol. The van der Waals surface area contributed by atoms with Crippen LogP contribution in [0.5, 0.6) is 0 Å². The predicted octanol–water partition coefficient (Wildman–Crippen LogP) is 4.42. The summed E-state index contributed by atoms with van der Waals surface area (Å²) in [4.78, 5) is 53.9. The van der Waals surface area contributed by atoms with Crippen molar-refractivity contribution in [3.8, 4) is 0 Å². The molecular weight excluding hydrogens is 588 g/mol. The van der Waals surface area contributed by atoms with E-state index in [1.165, 1.54) is 12.0 Å². The van der Waals surface area contributed by atoms with Gasteiger partial charge >= 0.3 is 18.1 Å². The molecule has 0 bridgehead atoms. The Bertz CT molecular complexity index is 1250. The number of nitrogens with zero attached hydrogens (tertiary/aromatic N) is 1. The smallest absolute Gasteiger partial charge is 0.407 e. The number of amides is 4. The van der Waals surface area contributed by atoms with Crippen LogP contribution in [0.1, 0.15) is 66.0 Å². The van der Waals surface area contributed by atoms with Crippen molar-refractivity contribution < 1.29 is 33.8 Å². The molecule has 0 spiro atoms. The number of carbonyl (C=O) groups is 4. The Morgan fingerprint density at radius 2 is 1.41 bits per heavy atom. The third-order valence-electron chi connectivity index (χ3n) is 7.12. The van der Waals surface area contributed by atoms with E-state index in [4.69, 9.17) is 9.47 Å². The number of nitrogens with one attached hydrogen (secondary N) is 3. The van der Waals surface area contributed by atoms with Gasteiger partial charge in [0.1, 0.15) is 17.7 Å². The molecule has 2 aromatic rings. The molecule has 0 aliphatic carbocycles. The SMILES string of the molecule is COC(=O)[C@@H](NC(=O)[C@H](CC(C)C)NC(=O)N(Cc1ccccc1)C[C@@H](O)[C@H](Cc1ccccc1)NC(=O)OC(C)(C)C)C(C)C. The molecular formula is C35H52N4O7. The number of aliphatic hydroxyl groups excluding tert-OH is 1. The number of aliphatic hydroxyl groups is 1. The Morgan fingerprint density at radius 3 is 1.91 bits per heavy atom. The van der Waals surface area contributed by atoms with Crippen molar-refractivity contribution >= 4 is 24.0 Å². The van der Waals surface area contributed by atoms with Crippen LogP contribution in [0.2, 0.25) is 0 Å². The number of hydrogen-bond donors (Lipinski definition) is 4. The first-order valence-corrected chi connectivity index (χ1v) is 15.8. The van der Waals surface area contributed by atoms with Crippen LogP contribution in [0.15, 0.2) is 60.7 Å². The number of hydrogen-bond acceptors (Lipinski definition) is 7. The first-order chi connectivity index (χ1) is 21.6. The zero-order chi connectivity index (χ0) is 34.4. The van der Waals surface area contributed by atoms with Crippen molar-refractivity contribution in [1.29, 1.82) is 0 Å². The quantitative estimate of drug-likeness (QED) is 0.211. The van der Waals surface area contributed by atoms with Crippen LogP contribution in [0.4, 0.5) is 9.59 Å². The number of carbonyl (C=O) groups excluding carboxylic acids is 4. The van der Waals surface area contributed by atoms with Gasteiger partial charge in [-0.25, -0.2) is 14.4 Å².